The fourth-order valence-corrected chi connectivity index (χ4v) is 3.50. The molecular weight excluding hydrogens is 258 g/mol. The minimum atomic E-state index is 0.362. The maximum Gasteiger partial charge on any atom is 0.0540 e. The van der Waals surface area contributed by atoms with Crippen molar-refractivity contribution in [2.75, 3.05) is 0 Å². The van der Waals surface area contributed by atoms with Crippen LogP contribution in [0.1, 0.15) is 59.8 Å². The third-order valence-corrected chi connectivity index (χ3v) is 4.73. The lowest BCUT2D eigenvalue weighted by molar-refractivity contribution is 0.410. The minimum absolute atomic E-state index is 0.362. The first-order valence-corrected chi connectivity index (χ1v) is 7.90. The smallest absolute Gasteiger partial charge is 0.0540 e. The fraction of sp³-hybridized carbons (Fsp3) is 0.500. The van der Waals surface area contributed by atoms with Crippen LogP contribution in [0.3, 0.4) is 0 Å². The Balaban J connectivity index is 1.82. The Morgan fingerprint density at radius 1 is 1.33 bits per heavy atom. The van der Waals surface area contributed by atoms with E-state index in [1.807, 2.05) is 10.9 Å². The SMILES string of the molecule is Cc1ccc(C)c(C(C)NC2CCCc3c2cnn3C)c1. The first-order valence-electron chi connectivity index (χ1n) is 7.90. The highest BCUT2D eigenvalue weighted by Gasteiger charge is 2.25. The van der Waals surface area contributed by atoms with Crippen LogP contribution in [0.15, 0.2) is 24.4 Å². The summed E-state index contributed by atoms with van der Waals surface area (Å²) in [4.78, 5) is 0. The second kappa shape index (κ2) is 5.64. The molecule has 1 heterocycles. The van der Waals surface area contributed by atoms with Gasteiger partial charge in [-0.2, -0.15) is 5.10 Å². The summed E-state index contributed by atoms with van der Waals surface area (Å²) < 4.78 is 2.03. The molecule has 0 fully saturated rings. The number of nitrogens with one attached hydrogen (secondary N) is 1. The number of rotatable bonds is 3. The standard InChI is InChI=1S/C18H25N3/c1-12-8-9-13(2)15(10-12)14(3)20-17-6-5-7-18-16(17)11-19-21(18)4/h8-11,14,17,20H,5-7H2,1-4H3. The molecular formula is C18H25N3. The lowest BCUT2D eigenvalue weighted by Gasteiger charge is -2.28. The van der Waals surface area contributed by atoms with Gasteiger partial charge in [-0.15, -0.1) is 0 Å². The highest BCUT2D eigenvalue weighted by atomic mass is 15.3. The molecule has 3 rings (SSSR count). The average Bonchev–Trinajstić information content (AvgIpc) is 2.84. The van der Waals surface area contributed by atoms with Crippen molar-refractivity contribution in [1.82, 2.24) is 15.1 Å². The van der Waals surface area contributed by atoms with E-state index in [0.717, 1.165) is 6.42 Å². The van der Waals surface area contributed by atoms with Crippen LogP contribution in [0.5, 0.6) is 0 Å². The van der Waals surface area contributed by atoms with E-state index in [1.165, 1.54) is 40.8 Å². The largest absolute Gasteiger partial charge is 0.303 e. The molecule has 1 aliphatic rings. The molecule has 21 heavy (non-hydrogen) atoms. The van der Waals surface area contributed by atoms with E-state index in [1.54, 1.807) is 0 Å². The first kappa shape index (κ1) is 14.3. The zero-order valence-corrected chi connectivity index (χ0v) is 13.5. The summed E-state index contributed by atoms with van der Waals surface area (Å²) in [5, 5.41) is 8.26. The van der Waals surface area contributed by atoms with Gasteiger partial charge in [-0.3, -0.25) is 4.68 Å². The molecule has 0 radical (unpaired) electrons. The van der Waals surface area contributed by atoms with E-state index < -0.39 is 0 Å². The predicted octanol–water partition coefficient (Wildman–Crippen LogP) is 3.77. The third-order valence-electron chi connectivity index (χ3n) is 4.73. The summed E-state index contributed by atoms with van der Waals surface area (Å²) >= 11 is 0. The highest BCUT2D eigenvalue weighted by molar-refractivity contribution is 5.33. The summed E-state index contributed by atoms with van der Waals surface area (Å²) in [6.07, 6.45) is 5.64. The summed E-state index contributed by atoms with van der Waals surface area (Å²) in [7, 11) is 2.05. The van der Waals surface area contributed by atoms with Crippen molar-refractivity contribution in [2.24, 2.45) is 7.05 Å². The molecule has 2 unspecified atom stereocenters. The van der Waals surface area contributed by atoms with Gasteiger partial charge in [0.05, 0.1) is 6.20 Å². The summed E-state index contributed by atoms with van der Waals surface area (Å²) in [5.41, 5.74) is 6.89. The van der Waals surface area contributed by atoms with Crippen LogP contribution in [0.4, 0.5) is 0 Å². The Morgan fingerprint density at radius 2 is 2.14 bits per heavy atom. The zero-order valence-electron chi connectivity index (χ0n) is 13.5. The van der Waals surface area contributed by atoms with E-state index in [4.69, 9.17) is 0 Å². The first-order chi connectivity index (χ1) is 10.1. The monoisotopic (exact) mass is 283 g/mol. The molecule has 2 atom stereocenters. The molecule has 0 bridgehead atoms. The maximum atomic E-state index is 4.44. The third kappa shape index (κ3) is 2.75. The van der Waals surface area contributed by atoms with Gasteiger partial charge in [0.2, 0.25) is 0 Å². The van der Waals surface area contributed by atoms with Crippen molar-refractivity contribution < 1.29 is 0 Å². The van der Waals surface area contributed by atoms with E-state index in [2.05, 4.69) is 56.4 Å². The second-order valence-electron chi connectivity index (χ2n) is 6.36. The van der Waals surface area contributed by atoms with Gasteiger partial charge in [0.15, 0.2) is 0 Å². The lowest BCUT2D eigenvalue weighted by Crippen LogP contribution is -2.28. The van der Waals surface area contributed by atoms with Crippen molar-refractivity contribution in [3.05, 3.63) is 52.3 Å². The maximum absolute atomic E-state index is 4.44. The van der Waals surface area contributed by atoms with Gasteiger partial charge < -0.3 is 5.32 Å². The number of aryl methyl sites for hydroxylation is 3. The van der Waals surface area contributed by atoms with Gasteiger partial charge in [0.25, 0.3) is 0 Å². The lowest BCUT2D eigenvalue weighted by atomic mass is 9.91. The van der Waals surface area contributed by atoms with Crippen LogP contribution < -0.4 is 5.32 Å². The topological polar surface area (TPSA) is 29.9 Å². The van der Waals surface area contributed by atoms with E-state index in [-0.39, 0.29) is 0 Å². The molecule has 1 aliphatic carbocycles. The van der Waals surface area contributed by atoms with Gasteiger partial charge in [-0.25, -0.2) is 0 Å². The second-order valence-corrected chi connectivity index (χ2v) is 6.36. The predicted molar refractivity (Wildman–Crippen MR) is 86.4 cm³/mol. The Hall–Kier alpha value is -1.61. The van der Waals surface area contributed by atoms with Gasteiger partial charge in [-0.1, -0.05) is 23.8 Å². The number of benzene rings is 1. The number of nitrogens with zero attached hydrogens (tertiary/aromatic N) is 2. The van der Waals surface area contributed by atoms with Crippen molar-refractivity contribution >= 4 is 0 Å². The van der Waals surface area contributed by atoms with Crippen molar-refractivity contribution in [3.63, 3.8) is 0 Å². The van der Waals surface area contributed by atoms with Crippen LogP contribution >= 0.6 is 0 Å². The molecule has 0 amide bonds. The zero-order chi connectivity index (χ0) is 15.0. The van der Waals surface area contributed by atoms with E-state index >= 15 is 0 Å². The Labute approximate surface area is 127 Å². The fourth-order valence-electron chi connectivity index (χ4n) is 3.50. The summed E-state index contributed by atoms with van der Waals surface area (Å²) in [6.45, 7) is 6.63. The van der Waals surface area contributed by atoms with Crippen LogP contribution in [-0.4, -0.2) is 9.78 Å². The van der Waals surface area contributed by atoms with Crippen molar-refractivity contribution in [2.45, 2.75) is 52.1 Å². The normalized spacial score (nSPS) is 19.3. The van der Waals surface area contributed by atoms with Gasteiger partial charge in [-0.05, 0) is 51.2 Å². The van der Waals surface area contributed by atoms with Crippen LogP contribution in [0, 0.1) is 13.8 Å². The Kier molecular flexibility index (Phi) is 3.85. The van der Waals surface area contributed by atoms with Gasteiger partial charge in [0.1, 0.15) is 0 Å². The highest BCUT2D eigenvalue weighted by Crippen LogP contribution is 2.32. The molecule has 2 aromatic rings. The van der Waals surface area contributed by atoms with Crippen LogP contribution in [0.25, 0.3) is 0 Å². The Morgan fingerprint density at radius 3 is 2.95 bits per heavy atom. The molecule has 1 N–H and O–H groups in total. The number of hydrogen-bond acceptors (Lipinski definition) is 2. The number of fused-ring (bicyclic) bond motifs is 1. The van der Waals surface area contributed by atoms with E-state index in [0.29, 0.717) is 12.1 Å². The van der Waals surface area contributed by atoms with Gasteiger partial charge >= 0.3 is 0 Å². The molecule has 3 heteroatoms. The summed E-state index contributed by atoms with van der Waals surface area (Å²) in [6, 6.07) is 7.50. The Bertz CT molecular complexity index is 642. The molecule has 3 nitrogen and oxygen atoms in total. The molecule has 0 aliphatic heterocycles. The average molecular weight is 283 g/mol. The molecule has 0 saturated carbocycles. The number of hydrogen-bond donors (Lipinski definition) is 1. The molecule has 0 spiro atoms. The molecule has 1 aromatic heterocycles. The molecule has 112 valence electrons. The van der Waals surface area contributed by atoms with Crippen LogP contribution in [-0.2, 0) is 13.5 Å². The van der Waals surface area contributed by atoms with Gasteiger partial charge in [0, 0.05) is 30.4 Å². The summed E-state index contributed by atoms with van der Waals surface area (Å²) in [5.74, 6) is 0. The van der Waals surface area contributed by atoms with Crippen molar-refractivity contribution in [1.29, 1.82) is 0 Å². The van der Waals surface area contributed by atoms with Crippen LogP contribution in [0.2, 0.25) is 0 Å². The quantitative estimate of drug-likeness (QED) is 0.929. The van der Waals surface area contributed by atoms with E-state index in [9.17, 15) is 0 Å². The molecule has 0 saturated heterocycles. The number of aromatic nitrogens is 2. The minimum Gasteiger partial charge on any atom is -0.303 e. The molecule has 1 aromatic carbocycles. The van der Waals surface area contributed by atoms with Crippen molar-refractivity contribution in [3.8, 4) is 0 Å².